The molecule has 182 valence electrons. The molecule has 0 amide bonds. The standard InChI is InChI=1S/C25H16O11/c1-10(26)33-20-17(23(30)31)18-21(22(19(20)29)34-11(2)27)35-16-9-12(28)7-8-15(16)25(18)14-6-4-3-5-13(14)24(32)36-25/h3-9,28-29H,1-2H3,(H,30,31). The summed E-state index contributed by atoms with van der Waals surface area (Å²) in [7, 11) is 0. The highest BCUT2D eigenvalue weighted by atomic mass is 16.6. The van der Waals surface area contributed by atoms with Crippen molar-refractivity contribution in [3.05, 3.63) is 70.3 Å². The van der Waals surface area contributed by atoms with E-state index in [2.05, 4.69) is 0 Å². The minimum absolute atomic E-state index is 0.0728. The van der Waals surface area contributed by atoms with E-state index in [0.29, 0.717) is 0 Å². The van der Waals surface area contributed by atoms with Crippen LogP contribution in [0.15, 0.2) is 42.5 Å². The highest BCUT2D eigenvalue weighted by Crippen LogP contribution is 2.63. The van der Waals surface area contributed by atoms with Gasteiger partial charge in [-0.1, -0.05) is 18.2 Å². The minimum atomic E-state index is -2.00. The topological polar surface area (TPSA) is 166 Å². The number of rotatable bonds is 3. The van der Waals surface area contributed by atoms with Crippen molar-refractivity contribution in [1.29, 1.82) is 0 Å². The Morgan fingerprint density at radius 3 is 2.25 bits per heavy atom. The first-order chi connectivity index (χ1) is 17.1. The first-order valence-electron chi connectivity index (χ1n) is 10.4. The third-order valence-electron chi connectivity index (χ3n) is 5.73. The van der Waals surface area contributed by atoms with Crippen LogP contribution in [-0.4, -0.2) is 39.2 Å². The fourth-order valence-corrected chi connectivity index (χ4v) is 4.52. The predicted octanol–water partition coefficient (Wildman–Crippen LogP) is 3.21. The van der Waals surface area contributed by atoms with Crippen LogP contribution < -0.4 is 14.2 Å². The quantitative estimate of drug-likeness (QED) is 0.363. The Morgan fingerprint density at radius 1 is 0.917 bits per heavy atom. The Bertz CT molecular complexity index is 1520. The summed E-state index contributed by atoms with van der Waals surface area (Å²) in [5.74, 6) is -7.69. The molecule has 11 nitrogen and oxygen atoms in total. The molecule has 1 atom stereocenters. The van der Waals surface area contributed by atoms with Crippen molar-refractivity contribution >= 4 is 23.9 Å². The van der Waals surface area contributed by atoms with Crippen LogP contribution in [-0.2, 0) is 19.9 Å². The van der Waals surface area contributed by atoms with Crippen molar-refractivity contribution in [3.8, 4) is 34.5 Å². The SMILES string of the molecule is CC(=O)Oc1c(O)c(OC(C)=O)c(C(=O)O)c2c1Oc1cc(O)ccc1C21OC(=O)c2ccccc21. The van der Waals surface area contributed by atoms with Crippen molar-refractivity contribution in [2.24, 2.45) is 0 Å². The fourth-order valence-electron chi connectivity index (χ4n) is 4.52. The van der Waals surface area contributed by atoms with Gasteiger partial charge in [-0.3, -0.25) is 9.59 Å². The zero-order valence-electron chi connectivity index (χ0n) is 18.6. The molecule has 0 fully saturated rings. The molecule has 0 aliphatic carbocycles. The number of phenolic OH excluding ortho intramolecular Hbond substituents is 2. The van der Waals surface area contributed by atoms with Crippen LogP contribution in [0.25, 0.3) is 0 Å². The molecule has 5 rings (SSSR count). The van der Waals surface area contributed by atoms with Gasteiger partial charge in [-0.15, -0.1) is 0 Å². The number of carbonyl (C=O) groups excluding carboxylic acids is 3. The van der Waals surface area contributed by atoms with Gasteiger partial charge < -0.3 is 34.3 Å². The lowest BCUT2D eigenvalue weighted by molar-refractivity contribution is -0.132. The lowest BCUT2D eigenvalue weighted by Crippen LogP contribution is -2.35. The number of benzene rings is 3. The molecule has 1 unspecified atom stereocenters. The van der Waals surface area contributed by atoms with Crippen LogP contribution in [0.1, 0.15) is 51.3 Å². The number of carbonyl (C=O) groups is 4. The van der Waals surface area contributed by atoms with Gasteiger partial charge in [0, 0.05) is 31.0 Å². The molecule has 3 aromatic rings. The van der Waals surface area contributed by atoms with E-state index in [1.807, 2.05) is 0 Å². The second kappa shape index (κ2) is 7.73. The fraction of sp³-hybridized carbons (Fsp3) is 0.120. The van der Waals surface area contributed by atoms with Gasteiger partial charge >= 0.3 is 23.9 Å². The Hall–Kier alpha value is -5.06. The van der Waals surface area contributed by atoms with E-state index in [1.165, 1.54) is 30.3 Å². The molecule has 2 heterocycles. The molecule has 3 aromatic carbocycles. The Morgan fingerprint density at radius 2 is 1.58 bits per heavy atom. The molecule has 0 radical (unpaired) electrons. The summed E-state index contributed by atoms with van der Waals surface area (Å²) in [5, 5.41) is 31.2. The van der Waals surface area contributed by atoms with Crippen LogP contribution in [0.4, 0.5) is 0 Å². The Kier molecular flexibility index (Phi) is 4.88. The summed E-state index contributed by atoms with van der Waals surface area (Å²) in [6, 6.07) is 10.0. The summed E-state index contributed by atoms with van der Waals surface area (Å²) in [4.78, 5) is 49.4. The molecule has 0 saturated carbocycles. The summed E-state index contributed by atoms with van der Waals surface area (Å²) < 4.78 is 22.0. The number of fused-ring (bicyclic) bond motifs is 6. The molecule has 11 heteroatoms. The second-order valence-corrected chi connectivity index (χ2v) is 7.98. The lowest BCUT2D eigenvalue weighted by Gasteiger charge is -2.38. The maximum absolute atomic E-state index is 13.0. The van der Waals surface area contributed by atoms with Crippen LogP contribution in [0.2, 0.25) is 0 Å². The van der Waals surface area contributed by atoms with Crippen molar-refractivity contribution < 1.29 is 53.4 Å². The molecule has 0 aromatic heterocycles. The van der Waals surface area contributed by atoms with Gasteiger partial charge in [-0.05, 0) is 18.2 Å². The first-order valence-corrected chi connectivity index (χ1v) is 10.4. The average Bonchev–Trinajstić information content (AvgIpc) is 3.09. The van der Waals surface area contributed by atoms with Crippen molar-refractivity contribution in [1.82, 2.24) is 0 Å². The van der Waals surface area contributed by atoms with E-state index >= 15 is 0 Å². The molecular formula is C25H16O11. The van der Waals surface area contributed by atoms with Gasteiger partial charge in [-0.2, -0.15) is 0 Å². The predicted molar refractivity (Wildman–Crippen MR) is 118 cm³/mol. The highest BCUT2D eigenvalue weighted by Gasteiger charge is 2.57. The summed E-state index contributed by atoms with van der Waals surface area (Å²) in [5.41, 5.74) is -2.69. The normalized spacial score (nSPS) is 16.8. The van der Waals surface area contributed by atoms with E-state index in [9.17, 15) is 34.5 Å². The molecule has 2 aliphatic rings. The van der Waals surface area contributed by atoms with E-state index in [4.69, 9.17) is 18.9 Å². The second-order valence-electron chi connectivity index (χ2n) is 7.98. The van der Waals surface area contributed by atoms with Crippen LogP contribution in [0, 0.1) is 0 Å². The number of hydrogen-bond acceptors (Lipinski definition) is 10. The summed E-state index contributed by atoms with van der Waals surface area (Å²) >= 11 is 0. The third kappa shape index (κ3) is 3.06. The number of esters is 3. The maximum Gasteiger partial charge on any atom is 0.340 e. The van der Waals surface area contributed by atoms with Crippen molar-refractivity contribution in [2.75, 3.05) is 0 Å². The monoisotopic (exact) mass is 492 g/mol. The first kappa shape index (κ1) is 22.7. The van der Waals surface area contributed by atoms with E-state index in [0.717, 1.165) is 13.8 Å². The lowest BCUT2D eigenvalue weighted by atomic mass is 9.75. The van der Waals surface area contributed by atoms with Gasteiger partial charge in [0.15, 0.2) is 17.1 Å². The zero-order valence-corrected chi connectivity index (χ0v) is 18.6. The smallest absolute Gasteiger partial charge is 0.340 e. The zero-order chi connectivity index (χ0) is 25.9. The third-order valence-corrected chi connectivity index (χ3v) is 5.73. The molecule has 0 saturated heterocycles. The van der Waals surface area contributed by atoms with Gasteiger partial charge in [-0.25, -0.2) is 9.59 Å². The molecule has 1 spiro atoms. The van der Waals surface area contributed by atoms with Gasteiger partial charge in [0.2, 0.25) is 11.5 Å². The van der Waals surface area contributed by atoms with Gasteiger partial charge in [0.25, 0.3) is 0 Å². The molecule has 36 heavy (non-hydrogen) atoms. The number of carboxylic acids is 1. The van der Waals surface area contributed by atoms with Crippen LogP contribution in [0.5, 0.6) is 34.5 Å². The number of aromatic carboxylic acids is 1. The maximum atomic E-state index is 13.0. The van der Waals surface area contributed by atoms with E-state index < -0.39 is 58.0 Å². The largest absolute Gasteiger partial charge is 0.508 e. The van der Waals surface area contributed by atoms with Crippen molar-refractivity contribution in [2.45, 2.75) is 19.4 Å². The van der Waals surface area contributed by atoms with E-state index in [-0.39, 0.29) is 33.8 Å². The Labute approximate surface area is 202 Å². The summed E-state index contributed by atoms with van der Waals surface area (Å²) in [6.07, 6.45) is 0. The minimum Gasteiger partial charge on any atom is -0.508 e. The number of carboxylic acid groups (broad SMARTS) is 1. The molecular weight excluding hydrogens is 476 g/mol. The van der Waals surface area contributed by atoms with Crippen LogP contribution in [0.3, 0.4) is 0 Å². The van der Waals surface area contributed by atoms with Crippen molar-refractivity contribution in [3.63, 3.8) is 0 Å². The molecule has 2 aliphatic heterocycles. The van der Waals surface area contributed by atoms with Gasteiger partial charge in [0.05, 0.1) is 11.1 Å². The Balaban J connectivity index is 2.02. The van der Waals surface area contributed by atoms with E-state index in [1.54, 1.807) is 12.1 Å². The number of ether oxygens (including phenoxy) is 4. The van der Waals surface area contributed by atoms with Gasteiger partial charge in [0.1, 0.15) is 17.1 Å². The summed E-state index contributed by atoms with van der Waals surface area (Å²) in [6.45, 7) is 2.00. The number of hydrogen-bond donors (Lipinski definition) is 3. The number of phenols is 2. The molecule has 0 bridgehead atoms. The number of aromatic hydroxyl groups is 2. The highest BCUT2D eigenvalue weighted by molar-refractivity contribution is 6.02. The molecule has 3 N–H and O–H groups in total. The van der Waals surface area contributed by atoms with Crippen LogP contribution >= 0.6 is 0 Å². The average molecular weight is 492 g/mol.